The van der Waals surface area contributed by atoms with E-state index in [2.05, 4.69) is 5.32 Å². The first-order chi connectivity index (χ1) is 12.8. The van der Waals surface area contributed by atoms with Crippen LogP contribution in [0.5, 0.6) is 0 Å². The number of aryl methyl sites for hydroxylation is 1. The molecule has 0 bridgehead atoms. The van der Waals surface area contributed by atoms with E-state index in [1.165, 1.54) is 7.05 Å². The molecular weight excluding hydrogens is 380 g/mol. The van der Waals surface area contributed by atoms with Crippen LogP contribution in [-0.4, -0.2) is 38.5 Å². The molecule has 5 nitrogen and oxygen atoms in total. The van der Waals surface area contributed by atoms with Crippen LogP contribution in [0, 0.1) is 6.92 Å². The van der Waals surface area contributed by atoms with Gasteiger partial charge in [-0.25, -0.2) is 8.42 Å². The van der Waals surface area contributed by atoms with Crippen LogP contribution in [0.1, 0.15) is 30.5 Å². The monoisotopic (exact) mass is 406 g/mol. The smallest absolute Gasteiger partial charge is 0.243 e. The number of sulfonamides is 1. The third-order valence-electron chi connectivity index (χ3n) is 4.44. The molecule has 0 aliphatic carbocycles. The van der Waals surface area contributed by atoms with Gasteiger partial charge < -0.3 is 5.32 Å². The number of nitrogens with one attached hydrogen (secondary N) is 1. The predicted octanol–water partition coefficient (Wildman–Crippen LogP) is 3.60. The minimum Gasteiger partial charge on any atom is -0.348 e. The number of carbonyl (C=O) groups is 1. The van der Waals surface area contributed by atoms with E-state index in [0.717, 1.165) is 26.7 Å². The summed E-state index contributed by atoms with van der Waals surface area (Å²) in [6.45, 7) is 3.76. The standard InChI is InChI=1S/C20H26N2O3S2/c1-5-19(18-9-7-6-8-15(18)2)21-20(23)14-22(3)27(24,25)17-12-10-16(26-4)11-13-17/h6-13,19H,5,14H2,1-4H3,(H,21,23)/t19-/m0/s1. The van der Waals surface area contributed by atoms with Crippen LogP contribution in [0.4, 0.5) is 0 Å². The van der Waals surface area contributed by atoms with E-state index in [-0.39, 0.29) is 23.4 Å². The Morgan fingerprint density at radius 1 is 1.15 bits per heavy atom. The fraction of sp³-hybridized carbons (Fsp3) is 0.350. The van der Waals surface area contributed by atoms with Crippen molar-refractivity contribution >= 4 is 27.7 Å². The Bertz CT molecular complexity index is 880. The van der Waals surface area contributed by atoms with Gasteiger partial charge in [0, 0.05) is 11.9 Å². The van der Waals surface area contributed by atoms with E-state index in [0.29, 0.717) is 0 Å². The number of rotatable bonds is 8. The molecule has 146 valence electrons. The molecular formula is C20H26N2O3S2. The van der Waals surface area contributed by atoms with Gasteiger partial charge in [-0.2, -0.15) is 4.31 Å². The predicted molar refractivity (Wildman–Crippen MR) is 110 cm³/mol. The van der Waals surface area contributed by atoms with Gasteiger partial charge in [0.15, 0.2) is 0 Å². The van der Waals surface area contributed by atoms with Gasteiger partial charge in [0.1, 0.15) is 0 Å². The molecule has 0 fully saturated rings. The van der Waals surface area contributed by atoms with Gasteiger partial charge in [-0.3, -0.25) is 4.79 Å². The highest BCUT2D eigenvalue weighted by molar-refractivity contribution is 7.98. The van der Waals surface area contributed by atoms with E-state index >= 15 is 0 Å². The average molecular weight is 407 g/mol. The molecule has 1 atom stereocenters. The maximum absolute atomic E-state index is 12.7. The van der Waals surface area contributed by atoms with E-state index in [4.69, 9.17) is 0 Å². The third-order valence-corrected chi connectivity index (χ3v) is 7.00. The second-order valence-corrected chi connectivity index (χ2v) is 9.25. The SMILES string of the molecule is CC[C@H](NC(=O)CN(C)S(=O)(=O)c1ccc(SC)cc1)c1ccccc1C. The molecule has 0 saturated carbocycles. The van der Waals surface area contributed by atoms with Crippen molar-refractivity contribution in [2.24, 2.45) is 0 Å². The summed E-state index contributed by atoms with van der Waals surface area (Å²) in [4.78, 5) is 13.6. The van der Waals surface area contributed by atoms with Gasteiger partial charge >= 0.3 is 0 Å². The molecule has 0 spiro atoms. The lowest BCUT2D eigenvalue weighted by Gasteiger charge is -2.22. The van der Waals surface area contributed by atoms with Crippen LogP contribution in [0.2, 0.25) is 0 Å². The van der Waals surface area contributed by atoms with Crippen molar-refractivity contribution in [3.8, 4) is 0 Å². The second kappa shape index (κ2) is 9.39. The van der Waals surface area contributed by atoms with Crippen LogP contribution in [-0.2, 0) is 14.8 Å². The van der Waals surface area contributed by atoms with Crippen LogP contribution < -0.4 is 5.32 Å². The first-order valence-corrected chi connectivity index (χ1v) is 11.4. The van der Waals surface area contributed by atoms with E-state index in [9.17, 15) is 13.2 Å². The fourth-order valence-electron chi connectivity index (χ4n) is 2.83. The molecule has 0 radical (unpaired) electrons. The number of hydrogen-bond donors (Lipinski definition) is 1. The van der Waals surface area contributed by atoms with Gasteiger partial charge in [0.2, 0.25) is 15.9 Å². The number of carbonyl (C=O) groups excluding carboxylic acids is 1. The Labute approximate surface area is 166 Å². The fourth-order valence-corrected chi connectivity index (χ4v) is 4.37. The maximum atomic E-state index is 12.7. The van der Waals surface area contributed by atoms with Gasteiger partial charge in [-0.1, -0.05) is 31.2 Å². The molecule has 0 saturated heterocycles. The molecule has 0 aromatic heterocycles. The van der Waals surface area contributed by atoms with Crippen LogP contribution in [0.25, 0.3) is 0 Å². The van der Waals surface area contributed by atoms with Gasteiger partial charge in [0.05, 0.1) is 17.5 Å². The zero-order chi connectivity index (χ0) is 20.0. The summed E-state index contributed by atoms with van der Waals surface area (Å²) in [6.07, 6.45) is 2.65. The van der Waals surface area contributed by atoms with Crippen molar-refractivity contribution in [1.29, 1.82) is 0 Å². The average Bonchev–Trinajstić information content (AvgIpc) is 2.66. The normalized spacial score (nSPS) is 12.8. The highest BCUT2D eigenvalue weighted by Crippen LogP contribution is 2.21. The van der Waals surface area contributed by atoms with Crippen LogP contribution >= 0.6 is 11.8 Å². The van der Waals surface area contributed by atoms with Crippen molar-refractivity contribution in [1.82, 2.24) is 9.62 Å². The summed E-state index contributed by atoms with van der Waals surface area (Å²) in [7, 11) is -2.29. The molecule has 2 aromatic rings. The van der Waals surface area contributed by atoms with Gasteiger partial charge in [-0.05, 0) is 55.0 Å². The minimum atomic E-state index is -3.71. The first kappa shape index (κ1) is 21.5. The summed E-state index contributed by atoms with van der Waals surface area (Å²) in [5.41, 5.74) is 2.14. The van der Waals surface area contributed by atoms with Crippen molar-refractivity contribution in [3.05, 3.63) is 59.7 Å². The summed E-state index contributed by atoms with van der Waals surface area (Å²) in [5.74, 6) is -0.322. The second-order valence-electron chi connectivity index (χ2n) is 6.32. The molecule has 1 N–H and O–H groups in total. The van der Waals surface area contributed by atoms with E-state index in [1.54, 1.807) is 36.0 Å². The topological polar surface area (TPSA) is 66.5 Å². The van der Waals surface area contributed by atoms with E-state index in [1.807, 2.05) is 44.4 Å². The van der Waals surface area contributed by atoms with Crippen molar-refractivity contribution in [2.45, 2.75) is 36.1 Å². The number of benzene rings is 2. The Balaban J connectivity index is 2.08. The molecule has 7 heteroatoms. The van der Waals surface area contributed by atoms with Gasteiger partial charge in [0.25, 0.3) is 0 Å². The Morgan fingerprint density at radius 3 is 2.33 bits per heavy atom. The molecule has 0 heterocycles. The quantitative estimate of drug-likeness (QED) is 0.680. The van der Waals surface area contributed by atoms with E-state index < -0.39 is 10.0 Å². The lowest BCUT2D eigenvalue weighted by molar-refractivity contribution is -0.121. The summed E-state index contributed by atoms with van der Waals surface area (Å²) >= 11 is 1.54. The van der Waals surface area contributed by atoms with Crippen molar-refractivity contribution in [3.63, 3.8) is 0 Å². The number of likely N-dealkylation sites (N-methyl/N-ethyl adjacent to an activating group) is 1. The minimum absolute atomic E-state index is 0.143. The molecule has 27 heavy (non-hydrogen) atoms. The summed E-state index contributed by atoms with van der Waals surface area (Å²) in [5, 5.41) is 2.95. The maximum Gasteiger partial charge on any atom is 0.243 e. The summed E-state index contributed by atoms with van der Waals surface area (Å²) in [6, 6.07) is 14.4. The summed E-state index contributed by atoms with van der Waals surface area (Å²) < 4.78 is 26.5. The molecule has 1 amide bonds. The number of amides is 1. The van der Waals surface area contributed by atoms with Crippen molar-refractivity contribution < 1.29 is 13.2 Å². The molecule has 2 rings (SSSR count). The first-order valence-electron chi connectivity index (χ1n) is 8.74. The number of thioether (sulfide) groups is 1. The Hall–Kier alpha value is -1.83. The lowest BCUT2D eigenvalue weighted by Crippen LogP contribution is -2.39. The molecule has 0 aliphatic heterocycles. The zero-order valence-electron chi connectivity index (χ0n) is 16.1. The van der Waals surface area contributed by atoms with Crippen LogP contribution in [0.3, 0.4) is 0 Å². The zero-order valence-corrected chi connectivity index (χ0v) is 17.7. The highest BCUT2D eigenvalue weighted by atomic mass is 32.2. The van der Waals surface area contributed by atoms with Crippen LogP contribution in [0.15, 0.2) is 58.3 Å². The Kier molecular flexibility index (Phi) is 7.47. The third kappa shape index (κ3) is 5.34. The molecule has 2 aromatic carbocycles. The van der Waals surface area contributed by atoms with Gasteiger partial charge in [-0.15, -0.1) is 11.8 Å². The molecule has 0 aliphatic rings. The number of hydrogen-bond acceptors (Lipinski definition) is 4. The highest BCUT2D eigenvalue weighted by Gasteiger charge is 2.24. The number of nitrogens with zero attached hydrogens (tertiary/aromatic N) is 1. The largest absolute Gasteiger partial charge is 0.348 e. The van der Waals surface area contributed by atoms with Crippen molar-refractivity contribution in [2.75, 3.05) is 19.8 Å². The lowest BCUT2D eigenvalue weighted by atomic mass is 9.99. The Morgan fingerprint density at radius 2 is 1.78 bits per heavy atom. The molecule has 0 unspecified atom stereocenters.